The molecule has 0 fully saturated rings. The minimum Gasteiger partial charge on any atom is -0.497 e. The van der Waals surface area contributed by atoms with Crippen LogP contribution in [0, 0.1) is 5.82 Å². The van der Waals surface area contributed by atoms with Crippen LogP contribution in [0.5, 0.6) is 11.5 Å². The fourth-order valence-corrected chi connectivity index (χ4v) is 2.50. The van der Waals surface area contributed by atoms with E-state index >= 15 is 0 Å². The third-order valence-electron chi connectivity index (χ3n) is 3.66. The first-order valence-electron chi connectivity index (χ1n) is 7.08. The van der Waals surface area contributed by atoms with Gasteiger partial charge in [0.15, 0.2) is 0 Å². The van der Waals surface area contributed by atoms with Crippen LogP contribution in [0.3, 0.4) is 0 Å². The maximum atomic E-state index is 13.7. The zero-order valence-electron chi connectivity index (χ0n) is 12.0. The molecule has 0 unspecified atom stereocenters. The second kappa shape index (κ2) is 6.04. The number of methoxy groups -OCH3 is 1. The first-order valence-corrected chi connectivity index (χ1v) is 7.08. The molecule has 0 saturated heterocycles. The number of nitrogens with one attached hydrogen (secondary N) is 1. The van der Waals surface area contributed by atoms with E-state index in [9.17, 15) is 4.39 Å². The van der Waals surface area contributed by atoms with E-state index in [1.807, 2.05) is 6.07 Å². The van der Waals surface area contributed by atoms with Gasteiger partial charge in [0.25, 0.3) is 0 Å². The van der Waals surface area contributed by atoms with E-state index in [4.69, 9.17) is 9.47 Å². The van der Waals surface area contributed by atoms with Gasteiger partial charge in [0.05, 0.1) is 19.4 Å². The molecule has 0 radical (unpaired) electrons. The third-order valence-corrected chi connectivity index (χ3v) is 3.66. The fourth-order valence-electron chi connectivity index (χ4n) is 2.50. The summed E-state index contributed by atoms with van der Waals surface area (Å²) in [7, 11) is 1.57. The number of fused-ring (bicyclic) bond motifs is 1. The number of hydrogen-bond donors (Lipinski definition) is 1. The van der Waals surface area contributed by atoms with Gasteiger partial charge in [-0.05, 0) is 35.7 Å². The molecule has 1 aliphatic heterocycles. The normalized spacial score (nSPS) is 12.7. The molecule has 110 valence electrons. The van der Waals surface area contributed by atoms with Crippen molar-refractivity contribution in [1.82, 2.24) is 0 Å². The van der Waals surface area contributed by atoms with E-state index in [1.165, 1.54) is 17.2 Å². The third kappa shape index (κ3) is 3.10. The zero-order valence-corrected chi connectivity index (χ0v) is 12.0. The average molecular weight is 287 g/mol. The Hall–Kier alpha value is -2.23. The van der Waals surface area contributed by atoms with Crippen LogP contribution in [0.1, 0.15) is 11.1 Å². The van der Waals surface area contributed by atoms with Gasteiger partial charge in [-0.25, -0.2) is 4.39 Å². The molecular formula is C17H18FNO2. The van der Waals surface area contributed by atoms with Gasteiger partial charge in [0.1, 0.15) is 17.3 Å². The summed E-state index contributed by atoms with van der Waals surface area (Å²) in [6, 6.07) is 10.9. The lowest BCUT2D eigenvalue weighted by molar-refractivity contribution is 0.357. The van der Waals surface area contributed by atoms with Gasteiger partial charge in [-0.2, -0.15) is 0 Å². The predicted molar refractivity (Wildman–Crippen MR) is 80.8 cm³/mol. The molecule has 1 N–H and O–H groups in total. The summed E-state index contributed by atoms with van der Waals surface area (Å²) in [6.07, 6.45) is 1.81. The van der Waals surface area contributed by atoms with Crippen LogP contribution >= 0.6 is 0 Å². The Morgan fingerprint density at radius 3 is 3.00 bits per heavy atom. The van der Waals surface area contributed by atoms with Gasteiger partial charge >= 0.3 is 0 Å². The molecule has 0 atom stereocenters. The first-order chi connectivity index (χ1) is 10.3. The highest BCUT2D eigenvalue weighted by Crippen LogP contribution is 2.26. The van der Waals surface area contributed by atoms with Gasteiger partial charge in [0.2, 0.25) is 0 Å². The highest BCUT2D eigenvalue weighted by Gasteiger charge is 2.11. The Labute approximate surface area is 123 Å². The van der Waals surface area contributed by atoms with Crippen LogP contribution in [0.15, 0.2) is 36.4 Å². The van der Waals surface area contributed by atoms with Crippen molar-refractivity contribution in [1.29, 1.82) is 0 Å². The number of halogens is 1. The highest BCUT2D eigenvalue weighted by molar-refractivity contribution is 5.50. The quantitative estimate of drug-likeness (QED) is 0.914. The van der Waals surface area contributed by atoms with Gasteiger partial charge < -0.3 is 14.8 Å². The van der Waals surface area contributed by atoms with Crippen molar-refractivity contribution in [3.63, 3.8) is 0 Å². The van der Waals surface area contributed by atoms with Crippen molar-refractivity contribution in [3.05, 3.63) is 53.3 Å². The maximum absolute atomic E-state index is 13.7. The summed E-state index contributed by atoms with van der Waals surface area (Å²) in [5, 5.41) is 3.12. The van der Waals surface area contributed by atoms with Crippen LogP contribution in [-0.4, -0.2) is 20.3 Å². The lowest BCUT2D eigenvalue weighted by Crippen LogP contribution is -2.06. The van der Waals surface area contributed by atoms with Crippen LogP contribution < -0.4 is 14.8 Å². The lowest BCUT2D eigenvalue weighted by atomic mass is 10.1. The Kier molecular flexibility index (Phi) is 3.95. The summed E-state index contributed by atoms with van der Waals surface area (Å²) in [4.78, 5) is 0. The van der Waals surface area contributed by atoms with Crippen LogP contribution in [0.2, 0.25) is 0 Å². The Morgan fingerprint density at radius 2 is 2.14 bits per heavy atom. The van der Waals surface area contributed by atoms with E-state index in [0.29, 0.717) is 18.0 Å². The van der Waals surface area contributed by atoms with Crippen LogP contribution in [-0.2, 0) is 12.8 Å². The summed E-state index contributed by atoms with van der Waals surface area (Å²) in [5.74, 6) is 1.37. The number of benzene rings is 2. The highest BCUT2D eigenvalue weighted by atomic mass is 19.1. The predicted octanol–water partition coefficient (Wildman–Crippen LogP) is 3.42. The maximum Gasteiger partial charge on any atom is 0.146 e. The van der Waals surface area contributed by atoms with Crippen molar-refractivity contribution < 1.29 is 13.9 Å². The van der Waals surface area contributed by atoms with Crippen molar-refractivity contribution in [2.75, 3.05) is 25.6 Å². The molecule has 0 spiro atoms. The zero-order chi connectivity index (χ0) is 14.7. The molecule has 0 aliphatic carbocycles. The van der Waals surface area contributed by atoms with E-state index in [2.05, 4.69) is 17.4 Å². The second-order valence-corrected chi connectivity index (χ2v) is 5.06. The molecular weight excluding hydrogens is 269 g/mol. The number of anilines is 1. The average Bonchev–Trinajstić information content (AvgIpc) is 2.97. The minimum absolute atomic E-state index is 0.266. The fraction of sp³-hybridized carbons (Fsp3) is 0.294. The molecule has 0 amide bonds. The van der Waals surface area contributed by atoms with E-state index < -0.39 is 0 Å². The van der Waals surface area contributed by atoms with E-state index in [1.54, 1.807) is 19.2 Å². The van der Waals surface area contributed by atoms with Crippen molar-refractivity contribution in [3.8, 4) is 11.5 Å². The topological polar surface area (TPSA) is 30.5 Å². The molecule has 0 saturated carbocycles. The summed E-state index contributed by atoms with van der Waals surface area (Å²) < 4.78 is 24.3. The SMILES string of the molecule is COc1ccc(F)c(NCCc2ccc3c(c2)CCO3)c1. The molecule has 0 aromatic heterocycles. The number of rotatable bonds is 5. The smallest absolute Gasteiger partial charge is 0.146 e. The minimum atomic E-state index is -0.266. The molecule has 2 aromatic rings. The van der Waals surface area contributed by atoms with E-state index in [0.717, 1.165) is 25.2 Å². The van der Waals surface area contributed by atoms with Crippen molar-refractivity contribution in [2.24, 2.45) is 0 Å². The molecule has 4 heteroatoms. The molecule has 1 aliphatic rings. The summed E-state index contributed by atoms with van der Waals surface area (Å²) in [6.45, 7) is 1.44. The molecule has 3 rings (SSSR count). The van der Waals surface area contributed by atoms with Crippen molar-refractivity contribution in [2.45, 2.75) is 12.8 Å². The van der Waals surface area contributed by atoms with Crippen molar-refractivity contribution >= 4 is 5.69 Å². The second-order valence-electron chi connectivity index (χ2n) is 5.06. The molecule has 2 aromatic carbocycles. The molecule has 0 bridgehead atoms. The monoisotopic (exact) mass is 287 g/mol. The Balaban J connectivity index is 1.61. The molecule has 3 nitrogen and oxygen atoms in total. The van der Waals surface area contributed by atoms with Crippen LogP contribution in [0.4, 0.5) is 10.1 Å². The first kappa shape index (κ1) is 13.7. The molecule has 21 heavy (non-hydrogen) atoms. The van der Waals surface area contributed by atoms with Gasteiger partial charge in [-0.15, -0.1) is 0 Å². The molecule has 1 heterocycles. The standard InChI is InChI=1S/C17H18FNO2/c1-20-14-3-4-15(18)16(11-14)19-8-6-12-2-5-17-13(10-12)7-9-21-17/h2-5,10-11,19H,6-9H2,1H3. The van der Waals surface area contributed by atoms with Gasteiger partial charge in [-0.3, -0.25) is 0 Å². The Morgan fingerprint density at radius 1 is 1.24 bits per heavy atom. The van der Waals surface area contributed by atoms with Crippen LogP contribution in [0.25, 0.3) is 0 Å². The number of ether oxygens (including phenoxy) is 2. The van der Waals surface area contributed by atoms with Gasteiger partial charge in [0, 0.05) is 19.0 Å². The largest absolute Gasteiger partial charge is 0.497 e. The Bertz CT molecular complexity index is 643. The van der Waals surface area contributed by atoms with E-state index in [-0.39, 0.29) is 5.82 Å². The lowest BCUT2D eigenvalue weighted by Gasteiger charge is -2.10. The summed E-state index contributed by atoms with van der Waals surface area (Å²) in [5.41, 5.74) is 2.97. The number of hydrogen-bond acceptors (Lipinski definition) is 3. The summed E-state index contributed by atoms with van der Waals surface area (Å²) >= 11 is 0. The van der Waals surface area contributed by atoms with Gasteiger partial charge in [-0.1, -0.05) is 12.1 Å².